The van der Waals surface area contributed by atoms with Crippen molar-refractivity contribution < 1.29 is 19.1 Å². The molecule has 4 nitrogen and oxygen atoms in total. The van der Waals surface area contributed by atoms with Gasteiger partial charge in [0.2, 0.25) is 0 Å². The van der Waals surface area contributed by atoms with Crippen LogP contribution >= 0.6 is 11.6 Å². The number of carbonyl (C=O) groups is 2. The molecule has 0 spiro atoms. The normalized spacial score (nSPS) is 11.9. The van der Waals surface area contributed by atoms with Crippen molar-refractivity contribution in [1.29, 1.82) is 0 Å². The van der Waals surface area contributed by atoms with Crippen LogP contribution < -0.4 is 0 Å². The van der Waals surface area contributed by atoms with Crippen molar-refractivity contribution in [2.45, 2.75) is 25.9 Å². The van der Waals surface area contributed by atoms with Crippen molar-refractivity contribution >= 4 is 23.5 Å². The molecule has 0 rings (SSSR count). The summed E-state index contributed by atoms with van der Waals surface area (Å²) in [4.78, 5) is 21.3. The van der Waals surface area contributed by atoms with Crippen LogP contribution in [0.3, 0.4) is 0 Å². The van der Waals surface area contributed by atoms with Crippen molar-refractivity contribution in [1.82, 2.24) is 0 Å². The summed E-state index contributed by atoms with van der Waals surface area (Å²) in [5.74, 6) is -0.512. The smallest absolute Gasteiger partial charge is 0.307 e. The number of esters is 2. The molecule has 1 radical (unpaired) electrons. The largest absolute Gasteiger partial charge is 0.466 e. The van der Waals surface area contributed by atoms with E-state index in [4.69, 9.17) is 16.3 Å². The summed E-state index contributed by atoms with van der Waals surface area (Å²) in [6.07, 6.45) is 0.0689. The number of halogens is 1. The zero-order valence-electron chi connectivity index (χ0n) is 8.12. The summed E-state index contributed by atoms with van der Waals surface area (Å²) in [5.41, 5.74) is 0. The fraction of sp³-hybridized carbons (Fsp3) is 0.667. The van der Waals surface area contributed by atoms with Gasteiger partial charge in [0, 0.05) is 19.2 Å². The first kappa shape index (κ1) is 13.2. The van der Waals surface area contributed by atoms with Gasteiger partial charge in [0.25, 0.3) is 0 Å². The molecule has 0 saturated carbocycles. The second-order valence-electron chi connectivity index (χ2n) is 2.68. The van der Waals surface area contributed by atoms with E-state index in [9.17, 15) is 9.59 Å². The highest BCUT2D eigenvalue weighted by Gasteiger charge is 2.09. The van der Waals surface area contributed by atoms with Crippen molar-refractivity contribution in [2.24, 2.45) is 0 Å². The van der Waals surface area contributed by atoms with Crippen molar-refractivity contribution in [3.8, 4) is 0 Å². The lowest BCUT2D eigenvalue weighted by Gasteiger charge is -2.12. The standard InChI is InChI=1S/C9H14ClO4/c1-7(4-6-13-8(2)11)14-9(12)3-5-10/h7H,1,3-6H2,2H3. The van der Waals surface area contributed by atoms with Gasteiger partial charge in [0.1, 0.15) is 6.10 Å². The highest BCUT2D eigenvalue weighted by atomic mass is 35.5. The third-order valence-electron chi connectivity index (χ3n) is 1.34. The van der Waals surface area contributed by atoms with E-state index in [1.807, 2.05) is 0 Å². The predicted molar refractivity (Wildman–Crippen MR) is 51.8 cm³/mol. The Morgan fingerprint density at radius 1 is 1.50 bits per heavy atom. The first-order valence-corrected chi connectivity index (χ1v) is 4.81. The Morgan fingerprint density at radius 2 is 2.14 bits per heavy atom. The number of alkyl halides is 1. The van der Waals surface area contributed by atoms with Gasteiger partial charge in [-0.1, -0.05) is 0 Å². The van der Waals surface area contributed by atoms with Gasteiger partial charge < -0.3 is 9.47 Å². The minimum absolute atomic E-state index is 0.168. The van der Waals surface area contributed by atoms with Crippen LogP contribution in [0.15, 0.2) is 0 Å². The van der Waals surface area contributed by atoms with E-state index in [0.717, 1.165) is 0 Å². The van der Waals surface area contributed by atoms with E-state index >= 15 is 0 Å². The van der Waals surface area contributed by atoms with Crippen LogP contribution in [-0.2, 0) is 19.1 Å². The van der Waals surface area contributed by atoms with Gasteiger partial charge in [-0.3, -0.25) is 9.59 Å². The molecule has 14 heavy (non-hydrogen) atoms. The molecule has 0 aliphatic heterocycles. The number of hydrogen-bond acceptors (Lipinski definition) is 4. The third kappa shape index (κ3) is 7.86. The average Bonchev–Trinajstić information content (AvgIpc) is 2.03. The van der Waals surface area contributed by atoms with Crippen molar-refractivity contribution in [3.05, 3.63) is 6.92 Å². The van der Waals surface area contributed by atoms with E-state index in [-0.39, 0.29) is 30.8 Å². The first-order chi connectivity index (χ1) is 6.56. The van der Waals surface area contributed by atoms with E-state index in [0.29, 0.717) is 6.42 Å². The topological polar surface area (TPSA) is 52.6 Å². The summed E-state index contributed by atoms with van der Waals surface area (Å²) in [5, 5.41) is 0. The van der Waals surface area contributed by atoms with Crippen LogP contribution in [0.5, 0.6) is 0 Å². The molecule has 0 saturated heterocycles. The van der Waals surface area contributed by atoms with E-state index in [1.54, 1.807) is 0 Å². The van der Waals surface area contributed by atoms with Crippen LogP contribution in [0.4, 0.5) is 0 Å². The Kier molecular flexibility index (Phi) is 7.20. The van der Waals surface area contributed by atoms with Crippen LogP contribution in [0, 0.1) is 6.92 Å². The van der Waals surface area contributed by atoms with Gasteiger partial charge >= 0.3 is 11.9 Å². The lowest BCUT2D eigenvalue weighted by molar-refractivity contribution is -0.148. The number of rotatable bonds is 6. The van der Waals surface area contributed by atoms with Gasteiger partial charge in [-0.05, 0) is 6.92 Å². The molecule has 0 aromatic rings. The molecular weight excluding hydrogens is 208 g/mol. The molecular formula is C9H14ClO4. The maximum atomic E-state index is 10.9. The molecule has 0 bridgehead atoms. The summed E-state index contributed by atoms with van der Waals surface area (Å²) in [7, 11) is 0. The highest BCUT2D eigenvalue weighted by Crippen LogP contribution is 2.00. The van der Waals surface area contributed by atoms with Crippen molar-refractivity contribution in [2.75, 3.05) is 12.5 Å². The maximum Gasteiger partial charge on any atom is 0.307 e. The Balaban J connectivity index is 3.49. The lowest BCUT2D eigenvalue weighted by atomic mass is 10.3. The number of carbonyl (C=O) groups excluding carboxylic acids is 2. The third-order valence-corrected chi connectivity index (χ3v) is 1.53. The Labute approximate surface area is 88.5 Å². The molecule has 1 unspecified atom stereocenters. The molecule has 0 heterocycles. The van der Waals surface area contributed by atoms with Gasteiger partial charge in [-0.2, -0.15) is 0 Å². The molecule has 0 fully saturated rings. The van der Waals surface area contributed by atoms with Gasteiger partial charge in [-0.15, -0.1) is 11.6 Å². The molecule has 0 aromatic heterocycles. The average molecular weight is 222 g/mol. The number of hydrogen-bond donors (Lipinski definition) is 0. The summed E-state index contributed by atoms with van der Waals surface area (Å²) >= 11 is 5.34. The molecule has 5 heteroatoms. The van der Waals surface area contributed by atoms with Crippen molar-refractivity contribution in [3.63, 3.8) is 0 Å². The predicted octanol–water partition coefficient (Wildman–Crippen LogP) is 1.31. The monoisotopic (exact) mass is 221 g/mol. The summed E-state index contributed by atoms with van der Waals surface area (Å²) in [6, 6.07) is 0. The summed E-state index contributed by atoms with van der Waals surface area (Å²) in [6.45, 7) is 5.10. The van der Waals surface area contributed by atoms with Crippen LogP contribution in [0.1, 0.15) is 19.8 Å². The van der Waals surface area contributed by atoms with Crippen LogP contribution in [0.25, 0.3) is 0 Å². The molecule has 0 aliphatic rings. The molecule has 81 valence electrons. The zero-order chi connectivity index (χ0) is 11.0. The van der Waals surface area contributed by atoms with Gasteiger partial charge in [0.05, 0.1) is 13.0 Å². The van der Waals surface area contributed by atoms with E-state index < -0.39 is 6.10 Å². The summed E-state index contributed by atoms with van der Waals surface area (Å²) < 4.78 is 9.50. The van der Waals surface area contributed by atoms with Crippen LogP contribution in [0.2, 0.25) is 0 Å². The SMILES string of the molecule is [CH2]C(CCOC(C)=O)OC(=O)CCCl. The highest BCUT2D eigenvalue weighted by molar-refractivity contribution is 6.18. The molecule has 0 amide bonds. The minimum atomic E-state index is -0.495. The molecule has 0 aliphatic carbocycles. The maximum absolute atomic E-state index is 10.9. The minimum Gasteiger partial charge on any atom is -0.466 e. The Hall–Kier alpha value is -0.770. The van der Waals surface area contributed by atoms with Gasteiger partial charge in [0.15, 0.2) is 0 Å². The molecule has 1 atom stereocenters. The molecule has 0 N–H and O–H groups in total. The lowest BCUT2D eigenvalue weighted by Crippen LogP contribution is -2.18. The van der Waals surface area contributed by atoms with Crippen LogP contribution in [-0.4, -0.2) is 30.5 Å². The Bertz CT molecular complexity index is 193. The van der Waals surface area contributed by atoms with Gasteiger partial charge in [-0.25, -0.2) is 0 Å². The number of ether oxygens (including phenoxy) is 2. The molecule has 0 aromatic carbocycles. The second kappa shape index (κ2) is 7.62. The second-order valence-corrected chi connectivity index (χ2v) is 3.06. The fourth-order valence-electron chi connectivity index (χ4n) is 0.715. The zero-order valence-corrected chi connectivity index (χ0v) is 8.88. The quantitative estimate of drug-likeness (QED) is 0.501. The first-order valence-electron chi connectivity index (χ1n) is 4.28. The Morgan fingerprint density at radius 3 is 2.64 bits per heavy atom. The van der Waals surface area contributed by atoms with E-state index in [2.05, 4.69) is 11.7 Å². The van der Waals surface area contributed by atoms with E-state index in [1.165, 1.54) is 6.92 Å². The fourth-order valence-corrected chi connectivity index (χ4v) is 0.869.